The molecule has 0 atom stereocenters. The van der Waals surface area contributed by atoms with Crippen LogP contribution in [0.2, 0.25) is 0 Å². The molecule has 3 aromatic carbocycles. The molecule has 3 aromatic rings. The maximum Gasteiger partial charge on any atom is 0.255 e. The summed E-state index contributed by atoms with van der Waals surface area (Å²) >= 11 is 0. The van der Waals surface area contributed by atoms with Crippen LogP contribution in [0.4, 0.5) is 5.69 Å². The molecule has 0 aliphatic rings. The molecule has 0 fully saturated rings. The third-order valence-corrected chi connectivity index (χ3v) is 3.67. The fourth-order valence-corrected chi connectivity index (χ4v) is 2.37. The molecule has 0 radical (unpaired) electrons. The van der Waals surface area contributed by atoms with Gasteiger partial charge in [0.15, 0.2) is 0 Å². The minimum Gasteiger partial charge on any atom is -0.489 e. The molecule has 4 heteroatoms. The minimum absolute atomic E-state index is 0.201. The Kier molecular flexibility index (Phi) is 5.90. The van der Waals surface area contributed by atoms with Crippen molar-refractivity contribution in [3.63, 3.8) is 0 Å². The van der Waals surface area contributed by atoms with E-state index in [1.165, 1.54) is 0 Å². The van der Waals surface area contributed by atoms with Crippen molar-refractivity contribution >= 4 is 11.6 Å². The van der Waals surface area contributed by atoms with E-state index in [1.54, 1.807) is 30.3 Å². The second-order valence-corrected chi connectivity index (χ2v) is 6.17. The molecule has 0 unspecified atom stereocenters. The lowest BCUT2D eigenvalue weighted by Gasteiger charge is -2.10. The minimum atomic E-state index is -0.201. The average Bonchev–Trinajstić information content (AvgIpc) is 2.69. The van der Waals surface area contributed by atoms with Crippen LogP contribution < -0.4 is 14.8 Å². The smallest absolute Gasteiger partial charge is 0.255 e. The molecule has 3 rings (SSSR count). The SMILES string of the molecule is C=C(C)COc1cccc(C(=O)Nc2ccc(Oc3ccccc3)cc2)c1. The van der Waals surface area contributed by atoms with Crippen LogP contribution >= 0.6 is 0 Å². The maximum atomic E-state index is 12.5. The first-order valence-corrected chi connectivity index (χ1v) is 8.62. The van der Waals surface area contributed by atoms with E-state index in [2.05, 4.69) is 11.9 Å². The molecular weight excluding hydrogens is 338 g/mol. The van der Waals surface area contributed by atoms with Crippen molar-refractivity contribution in [2.45, 2.75) is 6.92 Å². The third kappa shape index (κ3) is 5.47. The van der Waals surface area contributed by atoms with E-state index < -0.39 is 0 Å². The average molecular weight is 359 g/mol. The molecule has 27 heavy (non-hydrogen) atoms. The van der Waals surface area contributed by atoms with Crippen LogP contribution in [0.5, 0.6) is 17.2 Å². The standard InChI is InChI=1S/C23H21NO3/c1-17(2)16-26-22-10-6-7-18(15-22)23(25)24-19-11-13-21(14-12-19)27-20-8-4-3-5-9-20/h3-15H,1,16H2,2H3,(H,24,25). The zero-order valence-corrected chi connectivity index (χ0v) is 15.1. The zero-order valence-electron chi connectivity index (χ0n) is 15.1. The highest BCUT2D eigenvalue weighted by Crippen LogP contribution is 2.23. The van der Waals surface area contributed by atoms with Gasteiger partial charge < -0.3 is 14.8 Å². The van der Waals surface area contributed by atoms with E-state index in [-0.39, 0.29) is 5.91 Å². The number of amides is 1. The Hall–Kier alpha value is -3.53. The van der Waals surface area contributed by atoms with Gasteiger partial charge >= 0.3 is 0 Å². The molecule has 0 heterocycles. The Bertz CT molecular complexity index is 918. The molecule has 0 aromatic heterocycles. The molecule has 0 aliphatic carbocycles. The largest absolute Gasteiger partial charge is 0.489 e. The first-order chi connectivity index (χ1) is 13.1. The maximum absolute atomic E-state index is 12.5. The highest BCUT2D eigenvalue weighted by Gasteiger charge is 2.08. The van der Waals surface area contributed by atoms with Crippen molar-refractivity contribution in [2.75, 3.05) is 11.9 Å². The Morgan fingerprint density at radius 1 is 0.889 bits per heavy atom. The molecule has 1 N–H and O–H groups in total. The molecule has 0 saturated carbocycles. The van der Waals surface area contributed by atoms with Gasteiger partial charge in [0.1, 0.15) is 23.9 Å². The van der Waals surface area contributed by atoms with Gasteiger partial charge in [-0.3, -0.25) is 4.79 Å². The molecular formula is C23H21NO3. The van der Waals surface area contributed by atoms with Crippen molar-refractivity contribution in [3.8, 4) is 17.2 Å². The van der Waals surface area contributed by atoms with Gasteiger partial charge in [-0.15, -0.1) is 0 Å². The summed E-state index contributed by atoms with van der Waals surface area (Å²) in [5, 5.41) is 2.87. The number of para-hydroxylation sites is 1. The summed E-state index contributed by atoms with van der Waals surface area (Å²) < 4.78 is 11.3. The molecule has 0 aliphatic heterocycles. The van der Waals surface area contributed by atoms with Gasteiger partial charge in [0.05, 0.1) is 0 Å². The van der Waals surface area contributed by atoms with Crippen molar-refractivity contribution < 1.29 is 14.3 Å². The monoisotopic (exact) mass is 359 g/mol. The highest BCUT2D eigenvalue weighted by atomic mass is 16.5. The molecule has 0 bridgehead atoms. The van der Waals surface area contributed by atoms with Crippen molar-refractivity contribution in [1.29, 1.82) is 0 Å². The zero-order chi connectivity index (χ0) is 19.1. The Labute approximate surface area is 159 Å². The topological polar surface area (TPSA) is 47.6 Å². The fourth-order valence-electron chi connectivity index (χ4n) is 2.37. The Morgan fingerprint density at radius 2 is 1.56 bits per heavy atom. The molecule has 1 amide bonds. The predicted molar refractivity (Wildman–Crippen MR) is 108 cm³/mol. The van der Waals surface area contributed by atoms with Gasteiger partial charge in [-0.2, -0.15) is 0 Å². The Balaban J connectivity index is 1.62. The molecule has 136 valence electrons. The first-order valence-electron chi connectivity index (χ1n) is 8.62. The van der Waals surface area contributed by atoms with Crippen LogP contribution in [0.3, 0.4) is 0 Å². The van der Waals surface area contributed by atoms with E-state index in [1.807, 2.05) is 55.5 Å². The van der Waals surface area contributed by atoms with Gasteiger partial charge in [-0.1, -0.05) is 30.8 Å². The number of nitrogens with one attached hydrogen (secondary N) is 1. The van der Waals surface area contributed by atoms with Gasteiger partial charge in [0, 0.05) is 11.3 Å². The van der Waals surface area contributed by atoms with Crippen molar-refractivity contribution in [1.82, 2.24) is 0 Å². The summed E-state index contributed by atoms with van der Waals surface area (Å²) in [6.45, 7) is 6.12. The van der Waals surface area contributed by atoms with Gasteiger partial charge in [-0.25, -0.2) is 0 Å². The second-order valence-electron chi connectivity index (χ2n) is 6.17. The number of hydrogen-bond acceptors (Lipinski definition) is 3. The quantitative estimate of drug-likeness (QED) is 0.552. The number of rotatable bonds is 7. The molecule has 0 spiro atoms. The van der Waals surface area contributed by atoms with Crippen LogP contribution in [0, 0.1) is 0 Å². The molecule has 4 nitrogen and oxygen atoms in total. The van der Waals surface area contributed by atoms with Crippen LogP contribution in [0.25, 0.3) is 0 Å². The van der Waals surface area contributed by atoms with Crippen LogP contribution in [0.15, 0.2) is 91.0 Å². The van der Waals surface area contributed by atoms with Gasteiger partial charge in [0.25, 0.3) is 5.91 Å². The van der Waals surface area contributed by atoms with E-state index in [4.69, 9.17) is 9.47 Å². The normalized spacial score (nSPS) is 10.1. The summed E-state index contributed by atoms with van der Waals surface area (Å²) in [7, 11) is 0. The lowest BCUT2D eigenvalue weighted by atomic mass is 10.2. The summed E-state index contributed by atoms with van der Waals surface area (Å²) in [6.07, 6.45) is 0. The summed E-state index contributed by atoms with van der Waals surface area (Å²) in [5.41, 5.74) is 2.13. The number of hydrogen-bond donors (Lipinski definition) is 1. The molecule has 0 saturated heterocycles. The summed E-state index contributed by atoms with van der Waals surface area (Å²) in [6, 6.07) is 23.8. The number of carbonyl (C=O) groups is 1. The predicted octanol–water partition coefficient (Wildman–Crippen LogP) is 5.69. The Morgan fingerprint density at radius 3 is 2.26 bits per heavy atom. The van der Waals surface area contributed by atoms with E-state index in [0.29, 0.717) is 29.4 Å². The highest BCUT2D eigenvalue weighted by molar-refractivity contribution is 6.04. The lowest BCUT2D eigenvalue weighted by molar-refractivity contribution is 0.102. The third-order valence-electron chi connectivity index (χ3n) is 3.67. The number of ether oxygens (including phenoxy) is 2. The second kappa shape index (κ2) is 8.72. The fraction of sp³-hybridized carbons (Fsp3) is 0.0870. The van der Waals surface area contributed by atoms with E-state index in [0.717, 1.165) is 11.3 Å². The summed E-state index contributed by atoms with van der Waals surface area (Å²) in [4.78, 5) is 12.5. The van der Waals surface area contributed by atoms with E-state index >= 15 is 0 Å². The van der Waals surface area contributed by atoms with Crippen LogP contribution in [-0.2, 0) is 0 Å². The number of benzene rings is 3. The van der Waals surface area contributed by atoms with Crippen LogP contribution in [0.1, 0.15) is 17.3 Å². The number of carbonyl (C=O) groups excluding carboxylic acids is 1. The van der Waals surface area contributed by atoms with Crippen LogP contribution in [-0.4, -0.2) is 12.5 Å². The van der Waals surface area contributed by atoms with E-state index in [9.17, 15) is 4.79 Å². The lowest BCUT2D eigenvalue weighted by Crippen LogP contribution is -2.12. The summed E-state index contributed by atoms with van der Waals surface area (Å²) in [5.74, 6) is 1.90. The van der Waals surface area contributed by atoms with Gasteiger partial charge in [0.2, 0.25) is 0 Å². The number of anilines is 1. The first kappa shape index (κ1) is 18.3. The van der Waals surface area contributed by atoms with Crippen molar-refractivity contribution in [3.05, 3.63) is 96.6 Å². The van der Waals surface area contributed by atoms with Crippen molar-refractivity contribution in [2.24, 2.45) is 0 Å². The van der Waals surface area contributed by atoms with Gasteiger partial charge in [-0.05, 0) is 67.1 Å².